The fraction of sp³-hybridized carbons (Fsp3) is 0.227. The third-order valence-corrected chi connectivity index (χ3v) is 5.77. The van der Waals surface area contributed by atoms with Crippen molar-refractivity contribution in [3.8, 4) is 11.5 Å². The van der Waals surface area contributed by atoms with Crippen molar-refractivity contribution in [3.05, 3.63) is 57.1 Å². The topological polar surface area (TPSA) is 67.9 Å². The van der Waals surface area contributed by atoms with Crippen LogP contribution in [-0.4, -0.2) is 30.6 Å². The van der Waals surface area contributed by atoms with Gasteiger partial charge in [0.1, 0.15) is 5.57 Å². The van der Waals surface area contributed by atoms with Gasteiger partial charge in [-0.15, -0.1) is 0 Å². The highest BCUT2D eigenvalue weighted by Gasteiger charge is 2.35. The number of ether oxygens (including phenoxy) is 2. The SMILES string of the molecule is CCOc1cc(Br)c(/C=C2\C(=O)NC(=S)N(c3cccc(C)c3C)C2=O)cc1OC. The van der Waals surface area contributed by atoms with Crippen LogP contribution in [0, 0.1) is 13.8 Å². The number of hydrogen-bond acceptors (Lipinski definition) is 5. The third kappa shape index (κ3) is 4.11. The number of nitrogens with zero attached hydrogens (tertiary/aromatic N) is 1. The summed E-state index contributed by atoms with van der Waals surface area (Å²) in [6.07, 6.45) is 1.51. The number of thiocarbonyl (C=S) groups is 1. The van der Waals surface area contributed by atoms with E-state index in [1.165, 1.54) is 18.1 Å². The van der Waals surface area contributed by atoms with Crippen molar-refractivity contribution < 1.29 is 19.1 Å². The highest BCUT2D eigenvalue weighted by molar-refractivity contribution is 9.10. The highest BCUT2D eigenvalue weighted by Crippen LogP contribution is 2.35. The summed E-state index contributed by atoms with van der Waals surface area (Å²) in [5.74, 6) is 0.0209. The Morgan fingerprint density at radius 1 is 1.20 bits per heavy atom. The van der Waals surface area contributed by atoms with Gasteiger partial charge >= 0.3 is 0 Å². The Labute approximate surface area is 189 Å². The summed E-state index contributed by atoms with van der Waals surface area (Å²) >= 11 is 8.77. The summed E-state index contributed by atoms with van der Waals surface area (Å²) in [7, 11) is 1.53. The van der Waals surface area contributed by atoms with Crippen molar-refractivity contribution in [2.75, 3.05) is 18.6 Å². The summed E-state index contributed by atoms with van der Waals surface area (Å²) in [6.45, 7) is 6.22. The van der Waals surface area contributed by atoms with Gasteiger partial charge < -0.3 is 9.47 Å². The number of carbonyl (C=O) groups excluding carboxylic acids is 2. The lowest BCUT2D eigenvalue weighted by atomic mass is 10.0. The molecule has 0 aliphatic carbocycles. The molecule has 30 heavy (non-hydrogen) atoms. The first kappa shape index (κ1) is 22.0. The molecule has 0 aromatic heterocycles. The van der Waals surface area contributed by atoms with Crippen LogP contribution in [0.1, 0.15) is 23.6 Å². The zero-order valence-electron chi connectivity index (χ0n) is 17.0. The van der Waals surface area contributed by atoms with Crippen LogP contribution >= 0.6 is 28.1 Å². The fourth-order valence-corrected chi connectivity index (χ4v) is 3.81. The van der Waals surface area contributed by atoms with E-state index < -0.39 is 11.8 Å². The number of aryl methyl sites for hydroxylation is 1. The molecule has 0 spiro atoms. The predicted octanol–water partition coefficient (Wildman–Crippen LogP) is 4.30. The third-order valence-electron chi connectivity index (χ3n) is 4.80. The molecule has 8 heteroatoms. The van der Waals surface area contributed by atoms with E-state index in [1.807, 2.05) is 32.9 Å². The second-order valence-electron chi connectivity index (χ2n) is 6.63. The Kier molecular flexibility index (Phi) is 6.58. The first-order valence-corrected chi connectivity index (χ1v) is 10.5. The molecule has 1 heterocycles. The lowest BCUT2D eigenvalue weighted by molar-refractivity contribution is -0.122. The maximum atomic E-state index is 13.3. The molecule has 156 valence electrons. The summed E-state index contributed by atoms with van der Waals surface area (Å²) < 4.78 is 11.6. The van der Waals surface area contributed by atoms with Crippen molar-refractivity contribution in [2.24, 2.45) is 0 Å². The summed E-state index contributed by atoms with van der Waals surface area (Å²) in [6, 6.07) is 9.05. The van der Waals surface area contributed by atoms with E-state index in [0.717, 1.165) is 11.1 Å². The van der Waals surface area contributed by atoms with Gasteiger partial charge in [-0.2, -0.15) is 0 Å². The molecule has 0 radical (unpaired) electrons. The Morgan fingerprint density at radius 3 is 2.60 bits per heavy atom. The first-order valence-electron chi connectivity index (χ1n) is 9.26. The minimum atomic E-state index is -0.550. The molecule has 2 aromatic carbocycles. The van der Waals surface area contributed by atoms with E-state index in [9.17, 15) is 9.59 Å². The van der Waals surface area contributed by atoms with Crippen LogP contribution in [-0.2, 0) is 9.59 Å². The number of nitrogens with one attached hydrogen (secondary N) is 1. The quantitative estimate of drug-likeness (QED) is 0.385. The van der Waals surface area contributed by atoms with Crippen molar-refractivity contribution in [3.63, 3.8) is 0 Å². The molecule has 1 aliphatic rings. The number of anilines is 1. The van der Waals surface area contributed by atoms with Crippen molar-refractivity contribution in [2.45, 2.75) is 20.8 Å². The number of halogens is 1. The second-order valence-corrected chi connectivity index (χ2v) is 7.88. The van der Waals surface area contributed by atoms with Crippen LogP contribution in [0.5, 0.6) is 11.5 Å². The Balaban J connectivity index is 2.08. The summed E-state index contributed by atoms with van der Waals surface area (Å²) in [5, 5.41) is 2.67. The molecule has 0 atom stereocenters. The van der Waals surface area contributed by atoms with Crippen LogP contribution in [0.15, 0.2) is 40.4 Å². The minimum absolute atomic E-state index is 0.0311. The van der Waals surface area contributed by atoms with E-state index in [-0.39, 0.29) is 10.7 Å². The monoisotopic (exact) mass is 488 g/mol. The summed E-state index contributed by atoms with van der Waals surface area (Å²) in [4.78, 5) is 27.2. The maximum Gasteiger partial charge on any atom is 0.270 e. The lowest BCUT2D eigenvalue weighted by Crippen LogP contribution is -2.54. The molecule has 0 unspecified atom stereocenters. The van der Waals surface area contributed by atoms with Gasteiger partial charge in [0.25, 0.3) is 11.8 Å². The Hall–Kier alpha value is -2.71. The molecule has 1 N–H and O–H groups in total. The second kappa shape index (κ2) is 8.97. The molecule has 0 bridgehead atoms. The van der Waals surface area contributed by atoms with E-state index in [1.54, 1.807) is 18.2 Å². The molecule has 1 saturated heterocycles. The molecule has 3 rings (SSSR count). The zero-order chi connectivity index (χ0) is 22.0. The van der Waals surface area contributed by atoms with Crippen LogP contribution in [0.4, 0.5) is 5.69 Å². The molecule has 2 amide bonds. The van der Waals surface area contributed by atoms with Gasteiger partial charge in [0, 0.05) is 4.47 Å². The van der Waals surface area contributed by atoms with E-state index in [4.69, 9.17) is 21.7 Å². The van der Waals surface area contributed by atoms with Gasteiger partial charge in [-0.25, -0.2) is 0 Å². The van der Waals surface area contributed by atoms with Crippen LogP contribution in [0.2, 0.25) is 0 Å². The molecule has 1 aliphatic heterocycles. The molecular weight excluding hydrogens is 468 g/mol. The van der Waals surface area contributed by atoms with Gasteiger partial charge in [-0.1, -0.05) is 28.1 Å². The molecule has 1 fully saturated rings. The van der Waals surface area contributed by atoms with E-state index >= 15 is 0 Å². The van der Waals surface area contributed by atoms with Crippen molar-refractivity contribution >= 4 is 56.8 Å². The van der Waals surface area contributed by atoms with Gasteiger partial charge in [0.15, 0.2) is 16.6 Å². The first-order chi connectivity index (χ1) is 14.3. The lowest BCUT2D eigenvalue weighted by Gasteiger charge is -2.30. The van der Waals surface area contributed by atoms with E-state index in [2.05, 4.69) is 21.2 Å². The van der Waals surface area contributed by atoms with E-state index in [0.29, 0.717) is 33.8 Å². The number of rotatable bonds is 5. The molecular formula is C22H21BrN2O4S. The fourth-order valence-electron chi connectivity index (χ4n) is 3.10. The molecule has 2 aromatic rings. The summed E-state index contributed by atoms with van der Waals surface area (Å²) in [5.41, 5.74) is 3.13. The molecule has 6 nitrogen and oxygen atoms in total. The van der Waals surface area contributed by atoms with Gasteiger partial charge in [0.2, 0.25) is 0 Å². The predicted molar refractivity (Wildman–Crippen MR) is 124 cm³/mol. The van der Waals surface area contributed by atoms with Crippen LogP contribution in [0.25, 0.3) is 6.08 Å². The van der Waals surface area contributed by atoms with Gasteiger partial charge in [0.05, 0.1) is 19.4 Å². The average molecular weight is 489 g/mol. The van der Waals surface area contributed by atoms with Crippen molar-refractivity contribution in [1.29, 1.82) is 0 Å². The normalized spacial score (nSPS) is 15.4. The number of carbonyl (C=O) groups is 2. The number of methoxy groups -OCH3 is 1. The largest absolute Gasteiger partial charge is 0.493 e. The minimum Gasteiger partial charge on any atom is -0.493 e. The number of amides is 2. The van der Waals surface area contributed by atoms with Gasteiger partial charge in [-0.3, -0.25) is 19.8 Å². The Bertz CT molecular complexity index is 1080. The Morgan fingerprint density at radius 2 is 1.93 bits per heavy atom. The highest BCUT2D eigenvalue weighted by atomic mass is 79.9. The van der Waals surface area contributed by atoms with Gasteiger partial charge in [-0.05, 0) is 74.0 Å². The standard InChI is InChI=1S/C22H21BrN2O4S/c1-5-29-19-11-16(23)14(10-18(19)28-4)9-15-20(26)24-22(30)25(21(15)27)17-8-6-7-12(2)13(17)3/h6-11H,5H2,1-4H3,(H,24,26,30)/b15-9+. The smallest absolute Gasteiger partial charge is 0.270 e. The maximum absolute atomic E-state index is 13.3. The number of hydrogen-bond donors (Lipinski definition) is 1. The van der Waals surface area contributed by atoms with Crippen LogP contribution in [0.3, 0.4) is 0 Å². The number of benzene rings is 2. The zero-order valence-corrected chi connectivity index (χ0v) is 19.4. The van der Waals surface area contributed by atoms with Crippen LogP contribution < -0.4 is 19.7 Å². The molecule has 0 saturated carbocycles. The van der Waals surface area contributed by atoms with Crippen molar-refractivity contribution in [1.82, 2.24) is 5.32 Å². The average Bonchev–Trinajstić information content (AvgIpc) is 2.69.